The summed E-state index contributed by atoms with van der Waals surface area (Å²) in [6, 6.07) is 15.6. The zero-order valence-electron chi connectivity index (χ0n) is 14.5. The van der Waals surface area contributed by atoms with Gasteiger partial charge in [0, 0.05) is 0 Å². The first-order valence-corrected chi connectivity index (χ1v) is 8.24. The zero-order valence-corrected chi connectivity index (χ0v) is 14.5. The van der Waals surface area contributed by atoms with Crippen LogP contribution >= 0.6 is 0 Å². The maximum atomic E-state index is 11.9. The summed E-state index contributed by atoms with van der Waals surface area (Å²) in [6.07, 6.45) is 0. The summed E-state index contributed by atoms with van der Waals surface area (Å²) in [5, 5.41) is 2.79. The van der Waals surface area contributed by atoms with E-state index >= 15 is 0 Å². The number of aryl methyl sites for hydroxylation is 1. The van der Waals surface area contributed by atoms with Crippen LogP contribution < -0.4 is 14.8 Å². The lowest BCUT2D eigenvalue weighted by Gasteiger charge is -2.13. The highest BCUT2D eigenvalue weighted by Gasteiger charge is 2.07. The molecule has 1 amide bonds. The molecule has 0 unspecified atom stereocenters. The molecule has 0 heterocycles. The maximum Gasteiger partial charge on any atom is 0.258 e. The zero-order chi connectivity index (χ0) is 17.4. The third-order valence-electron chi connectivity index (χ3n) is 3.67. The molecule has 0 aliphatic carbocycles. The van der Waals surface area contributed by atoms with Gasteiger partial charge in [-0.1, -0.05) is 44.2 Å². The van der Waals surface area contributed by atoms with Crippen molar-refractivity contribution in [3.8, 4) is 11.5 Å². The average molecular weight is 327 g/mol. The van der Waals surface area contributed by atoms with Crippen molar-refractivity contribution in [3.05, 3.63) is 59.7 Å². The molecule has 24 heavy (non-hydrogen) atoms. The highest BCUT2D eigenvalue weighted by atomic mass is 16.5. The topological polar surface area (TPSA) is 47.6 Å². The van der Waals surface area contributed by atoms with Gasteiger partial charge in [0.25, 0.3) is 5.91 Å². The van der Waals surface area contributed by atoms with E-state index in [1.165, 1.54) is 5.56 Å². The number of carbonyl (C=O) groups excluding carboxylic acids is 1. The Morgan fingerprint density at radius 1 is 1.08 bits per heavy atom. The summed E-state index contributed by atoms with van der Waals surface area (Å²) in [7, 11) is 0. The van der Waals surface area contributed by atoms with Crippen LogP contribution in [0.15, 0.2) is 48.5 Å². The number of amides is 1. The summed E-state index contributed by atoms with van der Waals surface area (Å²) >= 11 is 0. The van der Waals surface area contributed by atoms with Gasteiger partial charge in [0.15, 0.2) is 6.61 Å². The van der Waals surface area contributed by atoms with E-state index < -0.39 is 0 Å². The molecule has 0 aliphatic rings. The molecule has 2 rings (SSSR count). The van der Waals surface area contributed by atoms with Crippen molar-refractivity contribution in [1.29, 1.82) is 0 Å². The lowest BCUT2D eigenvalue weighted by molar-refractivity contribution is -0.123. The van der Waals surface area contributed by atoms with Crippen molar-refractivity contribution in [2.75, 3.05) is 19.8 Å². The first kappa shape index (κ1) is 17.9. The molecule has 0 bridgehead atoms. The predicted molar refractivity (Wildman–Crippen MR) is 95.7 cm³/mol. The molecule has 0 radical (unpaired) electrons. The number of hydrogen-bond acceptors (Lipinski definition) is 3. The van der Waals surface area contributed by atoms with Crippen LogP contribution in [0.4, 0.5) is 0 Å². The Morgan fingerprint density at radius 3 is 2.54 bits per heavy atom. The van der Waals surface area contributed by atoms with Crippen molar-refractivity contribution in [1.82, 2.24) is 5.32 Å². The summed E-state index contributed by atoms with van der Waals surface area (Å²) in [5.41, 5.74) is 2.23. The van der Waals surface area contributed by atoms with Gasteiger partial charge < -0.3 is 14.8 Å². The summed E-state index contributed by atoms with van der Waals surface area (Å²) < 4.78 is 11.2. The fourth-order valence-corrected chi connectivity index (χ4v) is 2.20. The average Bonchev–Trinajstić information content (AvgIpc) is 2.58. The van der Waals surface area contributed by atoms with Crippen LogP contribution in [0.5, 0.6) is 11.5 Å². The van der Waals surface area contributed by atoms with E-state index in [0.717, 1.165) is 17.1 Å². The third kappa shape index (κ3) is 5.61. The van der Waals surface area contributed by atoms with Crippen LogP contribution in [0, 0.1) is 6.92 Å². The molecular formula is C20H25NO3. The minimum absolute atomic E-state index is 0.00766. The van der Waals surface area contributed by atoms with E-state index in [4.69, 9.17) is 9.47 Å². The number of hydrogen-bond donors (Lipinski definition) is 1. The molecule has 0 aliphatic heterocycles. The lowest BCUT2D eigenvalue weighted by atomic mass is 10.0. The van der Waals surface area contributed by atoms with Gasteiger partial charge >= 0.3 is 0 Å². The standard InChI is InChI=1S/C20H25NO3/c1-15(2)17-10-9-16(3)19(13-17)24-14-20(22)21-11-12-23-18-7-5-4-6-8-18/h4-10,13,15H,11-12,14H2,1-3H3,(H,21,22). The highest BCUT2D eigenvalue weighted by molar-refractivity contribution is 5.77. The molecule has 2 aromatic carbocycles. The first-order valence-electron chi connectivity index (χ1n) is 8.24. The molecule has 0 spiro atoms. The Bertz CT molecular complexity index is 653. The molecule has 0 aromatic heterocycles. The predicted octanol–water partition coefficient (Wildman–Crippen LogP) is 3.69. The molecule has 128 valence electrons. The van der Waals surface area contributed by atoms with Crippen LogP contribution in [0.25, 0.3) is 0 Å². The van der Waals surface area contributed by atoms with Gasteiger partial charge in [-0.3, -0.25) is 4.79 Å². The number of nitrogens with one attached hydrogen (secondary N) is 1. The van der Waals surface area contributed by atoms with Crippen molar-refractivity contribution in [2.24, 2.45) is 0 Å². The van der Waals surface area contributed by atoms with Crippen LogP contribution in [0.2, 0.25) is 0 Å². The molecule has 0 saturated carbocycles. The lowest BCUT2D eigenvalue weighted by Crippen LogP contribution is -2.32. The minimum Gasteiger partial charge on any atom is -0.492 e. The van der Waals surface area contributed by atoms with Gasteiger partial charge in [-0.25, -0.2) is 0 Å². The maximum absolute atomic E-state index is 11.9. The Morgan fingerprint density at radius 2 is 1.83 bits per heavy atom. The van der Waals surface area contributed by atoms with Crippen molar-refractivity contribution in [3.63, 3.8) is 0 Å². The van der Waals surface area contributed by atoms with Gasteiger partial charge in [-0.05, 0) is 42.2 Å². The highest BCUT2D eigenvalue weighted by Crippen LogP contribution is 2.24. The molecule has 0 atom stereocenters. The molecule has 2 aromatic rings. The number of benzene rings is 2. The van der Waals surface area contributed by atoms with Crippen LogP contribution in [0.3, 0.4) is 0 Å². The van der Waals surface area contributed by atoms with E-state index in [9.17, 15) is 4.79 Å². The molecule has 0 saturated heterocycles. The van der Waals surface area contributed by atoms with Crippen molar-refractivity contribution >= 4 is 5.91 Å². The fourth-order valence-electron chi connectivity index (χ4n) is 2.20. The second kappa shape index (κ2) is 8.96. The van der Waals surface area contributed by atoms with Gasteiger partial charge in [0.1, 0.15) is 18.1 Å². The number of para-hydroxylation sites is 1. The van der Waals surface area contributed by atoms with Crippen LogP contribution in [-0.4, -0.2) is 25.7 Å². The molecule has 4 heteroatoms. The second-order valence-electron chi connectivity index (χ2n) is 5.98. The molecule has 4 nitrogen and oxygen atoms in total. The van der Waals surface area contributed by atoms with Crippen LogP contribution in [-0.2, 0) is 4.79 Å². The van der Waals surface area contributed by atoms with E-state index in [2.05, 4.69) is 25.2 Å². The summed E-state index contributed by atoms with van der Waals surface area (Å²) in [6.45, 7) is 7.13. The van der Waals surface area contributed by atoms with Gasteiger partial charge in [0.2, 0.25) is 0 Å². The Hall–Kier alpha value is -2.49. The third-order valence-corrected chi connectivity index (χ3v) is 3.67. The Labute approximate surface area is 143 Å². The number of carbonyl (C=O) groups is 1. The monoisotopic (exact) mass is 327 g/mol. The first-order chi connectivity index (χ1) is 11.6. The normalized spacial score (nSPS) is 10.5. The SMILES string of the molecule is Cc1ccc(C(C)C)cc1OCC(=O)NCCOc1ccccc1. The number of ether oxygens (including phenoxy) is 2. The second-order valence-corrected chi connectivity index (χ2v) is 5.98. The molecule has 0 fully saturated rings. The fraction of sp³-hybridized carbons (Fsp3) is 0.350. The Balaban J connectivity index is 1.72. The smallest absolute Gasteiger partial charge is 0.258 e. The summed E-state index contributed by atoms with van der Waals surface area (Å²) in [4.78, 5) is 11.9. The van der Waals surface area contributed by atoms with E-state index in [1.807, 2.05) is 49.4 Å². The Kier molecular flexibility index (Phi) is 6.67. The molecular weight excluding hydrogens is 302 g/mol. The minimum atomic E-state index is -0.152. The van der Waals surface area contributed by atoms with Gasteiger partial charge in [-0.15, -0.1) is 0 Å². The van der Waals surface area contributed by atoms with Gasteiger partial charge in [0.05, 0.1) is 6.54 Å². The van der Waals surface area contributed by atoms with E-state index in [0.29, 0.717) is 19.1 Å². The van der Waals surface area contributed by atoms with Crippen molar-refractivity contribution < 1.29 is 14.3 Å². The largest absolute Gasteiger partial charge is 0.492 e. The van der Waals surface area contributed by atoms with E-state index in [1.54, 1.807) is 0 Å². The molecule has 1 N–H and O–H groups in total. The van der Waals surface area contributed by atoms with Crippen molar-refractivity contribution in [2.45, 2.75) is 26.7 Å². The van der Waals surface area contributed by atoms with Gasteiger partial charge in [-0.2, -0.15) is 0 Å². The number of rotatable bonds is 8. The summed E-state index contributed by atoms with van der Waals surface area (Å²) in [5.74, 6) is 1.83. The van der Waals surface area contributed by atoms with Crippen LogP contribution in [0.1, 0.15) is 30.9 Å². The van der Waals surface area contributed by atoms with E-state index in [-0.39, 0.29) is 12.5 Å². The quantitative estimate of drug-likeness (QED) is 0.752.